The normalized spacial score (nSPS) is 11.8. The number of benzene rings is 3. The largest absolute Gasteiger partial charge is 0.497 e. The van der Waals surface area contributed by atoms with Gasteiger partial charge in [0.15, 0.2) is 0 Å². The molecule has 9 nitrogen and oxygen atoms in total. The van der Waals surface area contributed by atoms with Crippen LogP contribution in [-0.4, -0.2) is 59.0 Å². The number of nitrogens with one attached hydrogen (secondary N) is 1. The summed E-state index contributed by atoms with van der Waals surface area (Å²) in [7, 11) is 0.181. The lowest BCUT2D eigenvalue weighted by Gasteiger charge is -2.32. The maximum absolute atomic E-state index is 13.9. The lowest BCUT2D eigenvalue weighted by molar-refractivity contribution is -0.139. The number of aryl methyl sites for hydroxylation is 1. The number of sulfonamides is 1. The number of para-hydroxylation sites is 2. The molecule has 0 spiro atoms. The van der Waals surface area contributed by atoms with Crippen LogP contribution in [0.25, 0.3) is 0 Å². The highest BCUT2D eigenvalue weighted by Crippen LogP contribution is 2.33. The Balaban J connectivity index is 2.07. The molecule has 0 fully saturated rings. The van der Waals surface area contributed by atoms with Gasteiger partial charge in [0.2, 0.25) is 11.8 Å². The topological polar surface area (TPSA) is 105 Å². The van der Waals surface area contributed by atoms with Crippen molar-refractivity contribution in [2.24, 2.45) is 0 Å². The molecule has 0 aliphatic rings. The summed E-state index contributed by atoms with van der Waals surface area (Å²) in [5.74, 6) is -0.145. The Kier molecular flexibility index (Phi) is 9.35. The highest BCUT2D eigenvalue weighted by molar-refractivity contribution is 7.92. The van der Waals surface area contributed by atoms with Crippen LogP contribution < -0.4 is 19.1 Å². The fourth-order valence-corrected chi connectivity index (χ4v) is 5.45. The summed E-state index contributed by atoms with van der Waals surface area (Å²) < 4.78 is 39.4. The number of hydrogen-bond acceptors (Lipinski definition) is 6. The summed E-state index contributed by atoms with van der Waals surface area (Å²) in [5.41, 5.74) is 2.01. The minimum absolute atomic E-state index is 0.0263. The van der Waals surface area contributed by atoms with Crippen LogP contribution in [0, 0.1) is 6.92 Å². The molecule has 0 saturated carbocycles. The summed E-state index contributed by atoms with van der Waals surface area (Å²) in [5, 5.41) is 2.57. The maximum atomic E-state index is 13.9. The van der Waals surface area contributed by atoms with Gasteiger partial charge in [0.05, 0.1) is 24.8 Å². The minimum atomic E-state index is -4.22. The molecule has 0 aromatic heterocycles. The molecule has 2 amide bonds. The van der Waals surface area contributed by atoms with E-state index in [4.69, 9.17) is 9.47 Å². The van der Waals surface area contributed by atoms with Gasteiger partial charge in [-0.2, -0.15) is 0 Å². The van der Waals surface area contributed by atoms with Crippen molar-refractivity contribution < 1.29 is 27.5 Å². The van der Waals surface area contributed by atoms with E-state index in [-0.39, 0.29) is 28.8 Å². The van der Waals surface area contributed by atoms with E-state index < -0.39 is 28.5 Å². The van der Waals surface area contributed by atoms with Gasteiger partial charge in [-0.1, -0.05) is 42.0 Å². The van der Waals surface area contributed by atoms with E-state index in [9.17, 15) is 18.0 Å². The molecule has 10 heteroatoms. The van der Waals surface area contributed by atoms with E-state index in [1.165, 1.54) is 50.4 Å². The van der Waals surface area contributed by atoms with Crippen molar-refractivity contribution in [3.8, 4) is 11.5 Å². The van der Waals surface area contributed by atoms with Gasteiger partial charge in [-0.3, -0.25) is 13.9 Å². The van der Waals surface area contributed by atoms with Gasteiger partial charge >= 0.3 is 0 Å². The molecular weight excluding hydrogens is 506 g/mol. The monoisotopic (exact) mass is 539 g/mol. The summed E-state index contributed by atoms with van der Waals surface area (Å²) in [6.45, 7) is 3.11. The van der Waals surface area contributed by atoms with E-state index in [1.807, 2.05) is 31.2 Å². The molecule has 3 aromatic rings. The first kappa shape index (κ1) is 28.5. The average Bonchev–Trinajstić information content (AvgIpc) is 2.93. The van der Waals surface area contributed by atoms with Crippen LogP contribution in [0.4, 0.5) is 5.69 Å². The predicted octanol–water partition coefficient (Wildman–Crippen LogP) is 3.37. The van der Waals surface area contributed by atoms with Crippen molar-refractivity contribution in [3.63, 3.8) is 0 Å². The number of nitrogens with zero attached hydrogens (tertiary/aromatic N) is 2. The lowest BCUT2D eigenvalue weighted by atomic mass is 10.1. The van der Waals surface area contributed by atoms with Crippen LogP contribution >= 0.6 is 0 Å². The summed E-state index contributed by atoms with van der Waals surface area (Å²) in [6.07, 6.45) is 0. The first-order valence-corrected chi connectivity index (χ1v) is 13.4. The van der Waals surface area contributed by atoms with Gasteiger partial charge in [0, 0.05) is 13.6 Å². The number of carbonyl (C=O) groups excluding carboxylic acids is 2. The van der Waals surface area contributed by atoms with Crippen molar-refractivity contribution in [1.29, 1.82) is 0 Å². The second-order valence-electron chi connectivity index (χ2n) is 8.66. The average molecular weight is 540 g/mol. The minimum Gasteiger partial charge on any atom is -0.497 e. The molecule has 0 saturated heterocycles. The van der Waals surface area contributed by atoms with E-state index in [2.05, 4.69) is 5.32 Å². The first-order valence-electron chi connectivity index (χ1n) is 12.0. The van der Waals surface area contributed by atoms with Crippen molar-refractivity contribution in [2.45, 2.75) is 31.3 Å². The van der Waals surface area contributed by atoms with Gasteiger partial charge in [0.1, 0.15) is 24.1 Å². The van der Waals surface area contributed by atoms with Crippen molar-refractivity contribution >= 4 is 27.5 Å². The zero-order valence-electron chi connectivity index (χ0n) is 22.2. The molecule has 0 unspecified atom stereocenters. The fraction of sp³-hybridized carbons (Fsp3) is 0.286. The van der Waals surface area contributed by atoms with Crippen LogP contribution in [0.15, 0.2) is 77.7 Å². The third-order valence-electron chi connectivity index (χ3n) is 6.13. The van der Waals surface area contributed by atoms with Gasteiger partial charge in [-0.25, -0.2) is 8.42 Å². The standard InChI is InChI=1S/C28H33N3O6S/c1-20-9-8-10-22(17-20)18-30(21(2)28(33)29-3)27(32)19-31(25-11-6-7-12-26(25)37-5)38(34,35)24-15-13-23(36-4)14-16-24/h6-17,21H,18-19H2,1-5H3,(H,29,33)/t21-/m1/s1. The van der Waals surface area contributed by atoms with E-state index in [1.54, 1.807) is 31.2 Å². The van der Waals surface area contributed by atoms with E-state index >= 15 is 0 Å². The molecule has 0 heterocycles. The molecule has 1 atom stereocenters. The number of rotatable bonds is 11. The zero-order valence-corrected chi connectivity index (χ0v) is 23.0. The molecular formula is C28H33N3O6S. The SMILES string of the molecule is CNC(=O)[C@@H](C)N(Cc1cccc(C)c1)C(=O)CN(c1ccccc1OC)S(=O)(=O)c1ccc(OC)cc1. The highest BCUT2D eigenvalue weighted by atomic mass is 32.2. The number of anilines is 1. The molecule has 0 aliphatic heterocycles. The van der Waals surface area contributed by atoms with Crippen molar-refractivity contribution in [3.05, 3.63) is 83.9 Å². The Morgan fingerprint density at radius 2 is 1.63 bits per heavy atom. The molecule has 38 heavy (non-hydrogen) atoms. The molecule has 1 N–H and O–H groups in total. The molecule has 3 rings (SSSR count). The Bertz CT molecular complexity index is 1380. The molecule has 3 aromatic carbocycles. The third-order valence-corrected chi connectivity index (χ3v) is 7.90. The summed E-state index contributed by atoms with van der Waals surface area (Å²) in [4.78, 5) is 27.8. The quantitative estimate of drug-likeness (QED) is 0.401. The molecule has 0 aliphatic carbocycles. The Morgan fingerprint density at radius 3 is 2.24 bits per heavy atom. The Hall–Kier alpha value is -4.05. The molecule has 202 valence electrons. The maximum Gasteiger partial charge on any atom is 0.264 e. The first-order chi connectivity index (χ1) is 18.1. The van der Waals surface area contributed by atoms with E-state index in [0.717, 1.165) is 15.4 Å². The lowest BCUT2D eigenvalue weighted by Crippen LogP contribution is -2.50. The smallest absolute Gasteiger partial charge is 0.264 e. The van der Waals surface area contributed by atoms with Gasteiger partial charge in [-0.05, 0) is 55.8 Å². The van der Waals surface area contributed by atoms with Crippen LogP contribution in [0.3, 0.4) is 0 Å². The number of amides is 2. The predicted molar refractivity (Wildman–Crippen MR) is 146 cm³/mol. The molecule has 0 radical (unpaired) electrons. The van der Waals surface area contributed by atoms with Crippen LogP contribution in [0.5, 0.6) is 11.5 Å². The van der Waals surface area contributed by atoms with Gasteiger partial charge in [0.25, 0.3) is 10.0 Å². The third kappa shape index (κ3) is 6.44. The van der Waals surface area contributed by atoms with Crippen molar-refractivity contribution in [2.75, 3.05) is 32.1 Å². The van der Waals surface area contributed by atoms with Crippen LogP contribution in [0.2, 0.25) is 0 Å². The summed E-state index contributed by atoms with van der Waals surface area (Å²) in [6, 6.07) is 19.2. The number of likely N-dealkylation sites (N-methyl/N-ethyl adjacent to an activating group) is 1. The number of hydrogen-bond donors (Lipinski definition) is 1. The summed E-state index contributed by atoms with van der Waals surface area (Å²) >= 11 is 0. The second-order valence-corrected chi connectivity index (χ2v) is 10.5. The molecule has 0 bridgehead atoms. The fourth-order valence-electron chi connectivity index (χ4n) is 4.02. The zero-order chi connectivity index (χ0) is 27.9. The van der Waals surface area contributed by atoms with Crippen molar-refractivity contribution in [1.82, 2.24) is 10.2 Å². The number of ether oxygens (including phenoxy) is 2. The van der Waals surface area contributed by atoms with Crippen LogP contribution in [0.1, 0.15) is 18.1 Å². The van der Waals surface area contributed by atoms with Gasteiger partial charge < -0.3 is 19.7 Å². The Morgan fingerprint density at radius 1 is 0.947 bits per heavy atom. The van der Waals surface area contributed by atoms with E-state index in [0.29, 0.717) is 5.75 Å². The van der Waals surface area contributed by atoms with Gasteiger partial charge in [-0.15, -0.1) is 0 Å². The highest BCUT2D eigenvalue weighted by Gasteiger charge is 2.33. The second kappa shape index (κ2) is 12.5. The number of methoxy groups -OCH3 is 2. The Labute approximate surface area is 224 Å². The van der Waals surface area contributed by atoms with Crippen LogP contribution in [-0.2, 0) is 26.2 Å². The number of carbonyl (C=O) groups is 2.